The first kappa shape index (κ1) is 9.26. The molecule has 0 aliphatic heterocycles. The highest BCUT2D eigenvalue weighted by molar-refractivity contribution is 5.58. The summed E-state index contributed by atoms with van der Waals surface area (Å²) in [6.45, 7) is 0. The number of rotatable bonds is 1. The van der Waals surface area contributed by atoms with Crippen molar-refractivity contribution in [1.82, 2.24) is 4.98 Å². The Kier molecular flexibility index (Phi) is 2.13. The maximum Gasteiger partial charge on any atom is 0.295 e. The highest BCUT2D eigenvalue weighted by atomic mass is 16.4. The first-order valence-corrected chi connectivity index (χ1v) is 4.22. The van der Waals surface area contributed by atoms with Gasteiger partial charge in [-0.2, -0.15) is 4.98 Å². The second kappa shape index (κ2) is 3.45. The molecule has 2 rings (SSSR count). The van der Waals surface area contributed by atoms with E-state index in [2.05, 4.69) is 4.98 Å². The third-order valence-corrected chi connectivity index (χ3v) is 1.84. The third kappa shape index (κ3) is 1.96. The van der Waals surface area contributed by atoms with E-state index in [1.807, 2.05) is 0 Å². The molecular weight excluding hydrogens is 196 g/mol. The topological polar surface area (TPSA) is 89.3 Å². The van der Waals surface area contributed by atoms with Crippen LogP contribution in [0.15, 0.2) is 39.5 Å². The Labute approximate surface area is 84.8 Å². The van der Waals surface area contributed by atoms with Gasteiger partial charge in [0.2, 0.25) is 0 Å². The van der Waals surface area contributed by atoms with Crippen LogP contribution < -0.4 is 11.3 Å². The first-order chi connectivity index (χ1) is 7.15. The molecule has 3 N–H and O–H groups in total. The number of benzene rings is 1. The lowest BCUT2D eigenvalue weighted by molar-refractivity contribution is 0.475. The lowest BCUT2D eigenvalue weighted by atomic mass is 10.1. The van der Waals surface area contributed by atoms with Crippen molar-refractivity contribution in [2.45, 2.75) is 0 Å². The summed E-state index contributed by atoms with van der Waals surface area (Å²) in [4.78, 5) is 14.4. The molecule has 0 aliphatic rings. The number of hydrogen-bond donors (Lipinski definition) is 2. The normalized spacial score (nSPS) is 10.1. The molecule has 1 aromatic carbocycles. The van der Waals surface area contributed by atoms with Crippen LogP contribution in [0, 0.1) is 0 Å². The number of anilines is 1. The van der Waals surface area contributed by atoms with Gasteiger partial charge in [0.25, 0.3) is 11.6 Å². The smallest absolute Gasteiger partial charge is 0.295 e. The molecule has 0 aliphatic carbocycles. The molecule has 0 unspecified atom stereocenters. The fourth-order valence-corrected chi connectivity index (χ4v) is 1.19. The summed E-state index contributed by atoms with van der Waals surface area (Å²) in [6, 6.07) is 7.28. The number of nitrogens with two attached hydrogens (primary N) is 1. The maximum atomic E-state index is 11.1. The molecule has 76 valence electrons. The molecule has 5 nitrogen and oxygen atoms in total. The van der Waals surface area contributed by atoms with Crippen molar-refractivity contribution >= 4 is 6.01 Å². The zero-order chi connectivity index (χ0) is 10.8. The minimum Gasteiger partial charge on any atom is -0.508 e. The van der Waals surface area contributed by atoms with E-state index in [1.165, 1.54) is 18.2 Å². The van der Waals surface area contributed by atoms with E-state index in [0.717, 1.165) is 0 Å². The van der Waals surface area contributed by atoms with Gasteiger partial charge in [0, 0.05) is 11.6 Å². The van der Waals surface area contributed by atoms with Crippen LogP contribution in [0.1, 0.15) is 0 Å². The van der Waals surface area contributed by atoms with E-state index >= 15 is 0 Å². The molecule has 0 saturated carbocycles. The van der Waals surface area contributed by atoms with Crippen LogP contribution >= 0.6 is 0 Å². The van der Waals surface area contributed by atoms with Gasteiger partial charge in [-0.15, -0.1) is 0 Å². The van der Waals surface area contributed by atoms with Gasteiger partial charge in [-0.3, -0.25) is 4.79 Å². The van der Waals surface area contributed by atoms with Crippen LogP contribution in [0.25, 0.3) is 11.3 Å². The highest BCUT2D eigenvalue weighted by Crippen LogP contribution is 2.21. The van der Waals surface area contributed by atoms with Gasteiger partial charge in [-0.1, -0.05) is 0 Å². The fraction of sp³-hybridized carbons (Fsp3) is 0. The molecule has 15 heavy (non-hydrogen) atoms. The number of nitrogen functional groups attached to an aromatic ring is 1. The molecule has 2 aromatic rings. The zero-order valence-electron chi connectivity index (χ0n) is 7.68. The van der Waals surface area contributed by atoms with Crippen molar-refractivity contribution in [3.63, 3.8) is 0 Å². The summed E-state index contributed by atoms with van der Waals surface area (Å²) in [5.41, 5.74) is 5.49. The molecule has 1 aromatic heterocycles. The maximum absolute atomic E-state index is 11.1. The number of phenolic OH excluding ortho intramolecular Hbond substituents is 1. The van der Waals surface area contributed by atoms with Crippen LogP contribution in [-0.2, 0) is 0 Å². The molecule has 1 heterocycles. The number of aromatic nitrogens is 1. The zero-order valence-corrected chi connectivity index (χ0v) is 7.68. The summed E-state index contributed by atoms with van der Waals surface area (Å²) < 4.78 is 5.07. The van der Waals surface area contributed by atoms with Gasteiger partial charge >= 0.3 is 0 Å². The quantitative estimate of drug-likeness (QED) is 0.722. The van der Waals surface area contributed by atoms with E-state index in [0.29, 0.717) is 11.3 Å². The van der Waals surface area contributed by atoms with Crippen molar-refractivity contribution in [3.05, 3.63) is 40.7 Å². The molecule has 0 saturated heterocycles. The van der Waals surface area contributed by atoms with Crippen LogP contribution in [0.3, 0.4) is 0 Å². The molecule has 0 spiro atoms. The summed E-state index contributed by atoms with van der Waals surface area (Å²) in [5.74, 6) is 0.468. The predicted octanol–water partition coefficient (Wildman–Crippen LogP) is 0.990. The van der Waals surface area contributed by atoms with Gasteiger partial charge < -0.3 is 15.3 Å². The van der Waals surface area contributed by atoms with E-state index < -0.39 is 5.56 Å². The molecular formula is C10H8N2O3. The van der Waals surface area contributed by atoms with Crippen LogP contribution in [0.2, 0.25) is 0 Å². The Morgan fingerprint density at radius 1 is 1.27 bits per heavy atom. The Hall–Kier alpha value is -2.30. The summed E-state index contributed by atoms with van der Waals surface area (Å²) in [6.07, 6.45) is 0. The minimum atomic E-state index is -0.457. The van der Waals surface area contributed by atoms with Crippen molar-refractivity contribution in [2.75, 3.05) is 5.73 Å². The van der Waals surface area contributed by atoms with Gasteiger partial charge in [0.05, 0.1) is 0 Å². The van der Waals surface area contributed by atoms with E-state index in [9.17, 15) is 4.79 Å². The number of phenols is 1. The lowest BCUT2D eigenvalue weighted by Gasteiger charge is -2.00. The monoisotopic (exact) mass is 204 g/mol. The van der Waals surface area contributed by atoms with Crippen molar-refractivity contribution < 1.29 is 9.52 Å². The van der Waals surface area contributed by atoms with E-state index in [4.69, 9.17) is 15.3 Å². The van der Waals surface area contributed by atoms with Gasteiger partial charge in [0.15, 0.2) is 0 Å². The van der Waals surface area contributed by atoms with Gasteiger partial charge in [-0.05, 0) is 24.3 Å². The Balaban J connectivity index is 2.54. The fourth-order valence-electron chi connectivity index (χ4n) is 1.19. The standard InChI is InChI=1S/C10H8N2O3/c11-10-12-9(14)5-8(15-10)6-1-3-7(13)4-2-6/h1-5,13H,(H2,11,12,14). The first-order valence-electron chi connectivity index (χ1n) is 4.22. The van der Waals surface area contributed by atoms with Crippen LogP contribution in [0.5, 0.6) is 5.75 Å². The Morgan fingerprint density at radius 2 is 1.93 bits per heavy atom. The largest absolute Gasteiger partial charge is 0.508 e. The highest BCUT2D eigenvalue weighted by Gasteiger charge is 2.03. The molecule has 5 heteroatoms. The average Bonchev–Trinajstić information content (AvgIpc) is 2.17. The van der Waals surface area contributed by atoms with Crippen LogP contribution in [-0.4, -0.2) is 10.1 Å². The third-order valence-electron chi connectivity index (χ3n) is 1.84. The molecule has 0 fully saturated rings. The molecule has 0 amide bonds. The Morgan fingerprint density at radius 3 is 2.53 bits per heavy atom. The number of nitrogens with zero attached hydrogens (tertiary/aromatic N) is 1. The number of aromatic hydroxyl groups is 1. The SMILES string of the molecule is Nc1nc(=O)cc(-c2ccc(O)cc2)o1. The van der Waals surface area contributed by atoms with Crippen LogP contribution in [0.4, 0.5) is 6.01 Å². The van der Waals surface area contributed by atoms with Crippen molar-refractivity contribution in [1.29, 1.82) is 0 Å². The summed E-state index contributed by atoms with van der Waals surface area (Å²) >= 11 is 0. The molecule has 0 atom stereocenters. The molecule has 0 bridgehead atoms. The second-order valence-corrected chi connectivity index (χ2v) is 2.95. The second-order valence-electron chi connectivity index (χ2n) is 2.95. The minimum absolute atomic E-state index is 0.142. The lowest BCUT2D eigenvalue weighted by Crippen LogP contribution is -2.07. The average molecular weight is 204 g/mol. The number of hydrogen-bond acceptors (Lipinski definition) is 5. The van der Waals surface area contributed by atoms with E-state index in [-0.39, 0.29) is 11.8 Å². The van der Waals surface area contributed by atoms with E-state index in [1.54, 1.807) is 12.1 Å². The molecule has 0 radical (unpaired) electrons. The predicted molar refractivity (Wildman–Crippen MR) is 54.3 cm³/mol. The summed E-state index contributed by atoms with van der Waals surface area (Å²) in [7, 11) is 0. The van der Waals surface area contributed by atoms with Gasteiger partial charge in [-0.25, -0.2) is 0 Å². The summed E-state index contributed by atoms with van der Waals surface area (Å²) in [5, 5.41) is 9.08. The van der Waals surface area contributed by atoms with Crippen molar-refractivity contribution in [3.8, 4) is 17.1 Å². The van der Waals surface area contributed by atoms with Crippen molar-refractivity contribution in [2.24, 2.45) is 0 Å². The van der Waals surface area contributed by atoms with Gasteiger partial charge in [0.1, 0.15) is 11.5 Å². The Bertz CT molecular complexity index is 531.